The standard InChI is InChI=1S/C18H18F2NO.Ti/c1-18(2,3)17(22)21(12-13-7-5-4-6-8-13)16-10-9-14(19)11-15(16)20;/h4-10H,12H2,1-3H3;/q-1;. The van der Waals surface area contributed by atoms with E-state index in [1.807, 2.05) is 36.4 Å². The number of halogens is 2. The van der Waals surface area contributed by atoms with Gasteiger partial charge < -0.3 is 4.90 Å². The predicted octanol–water partition coefficient (Wildman–Crippen LogP) is 4.34. The van der Waals surface area contributed by atoms with E-state index in [0.29, 0.717) is 0 Å². The number of hydrogen-bond donors (Lipinski definition) is 0. The van der Waals surface area contributed by atoms with Crippen molar-refractivity contribution in [3.05, 3.63) is 65.7 Å². The normalized spacial score (nSPS) is 10.8. The van der Waals surface area contributed by atoms with Gasteiger partial charge in [0.1, 0.15) is 0 Å². The van der Waals surface area contributed by atoms with Crippen molar-refractivity contribution in [3.63, 3.8) is 0 Å². The zero-order chi connectivity index (χ0) is 16.3. The second kappa shape index (κ2) is 7.85. The van der Waals surface area contributed by atoms with Gasteiger partial charge in [0.15, 0.2) is 0 Å². The second-order valence-corrected chi connectivity index (χ2v) is 6.13. The number of nitrogens with zero attached hydrogens (tertiary/aromatic N) is 1. The van der Waals surface area contributed by atoms with E-state index >= 15 is 0 Å². The maximum absolute atomic E-state index is 14.1. The minimum absolute atomic E-state index is 0. The molecule has 2 nitrogen and oxygen atoms in total. The van der Waals surface area contributed by atoms with Gasteiger partial charge in [0.05, 0.1) is 0 Å². The molecule has 0 aromatic heterocycles. The average Bonchev–Trinajstić information content (AvgIpc) is 2.45. The van der Waals surface area contributed by atoms with Crippen LogP contribution in [0.2, 0.25) is 0 Å². The molecule has 0 atom stereocenters. The molecule has 5 heteroatoms. The first kappa shape index (κ1) is 19.5. The van der Waals surface area contributed by atoms with Crippen LogP contribution in [0.15, 0.2) is 42.5 Å². The van der Waals surface area contributed by atoms with Crippen molar-refractivity contribution in [3.8, 4) is 0 Å². The first-order chi connectivity index (χ1) is 10.3. The van der Waals surface area contributed by atoms with Crippen LogP contribution < -0.4 is 4.90 Å². The smallest absolute Gasteiger partial charge is 0.221 e. The Morgan fingerprint density at radius 3 is 2.22 bits per heavy atom. The summed E-state index contributed by atoms with van der Waals surface area (Å²) >= 11 is 0. The molecule has 2 aromatic carbocycles. The van der Waals surface area contributed by atoms with E-state index in [0.717, 1.165) is 11.6 Å². The van der Waals surface area contributed by atoms with Gasteiger partial charge in [-0.2, -0.15) is 0 Å². The van der Waals surface area contributed by atoms with Gasteiger partial charge in [-0.25, -0.2) is 8.78 Å². The van der Waals surface area contributed by atoms with Crippen LogP contribution in [0.3, 0.4) is 0 Å². The molecule has 120 valence electrons. The molecule has 0 unspecified atom stereocenters. The molecule has 0 aliphatic carbocycles. The molecule has 2 rings (SSSR count). The molecule has 0 saturated carbocycles. The van der Waals surface area contributed by atoms with Crippen LogP contribution >= 0.6 is 0 Å². The molecule has 0 saturated heterocycles. The predicted molar refractivity (Wildman–Crippen MR) is 82.3 cm³/mol. The number of benzene rings is 2. The Morgan fingerprint density at radius 1 is 1.09 bits per heavy atom. The van der Waals surface area contributed by atoms with Crippen molar-refractivity contribution in [1.29, 1.82) is 0 Å². The van der Waals surface area contributed by atoms with Crippen molar-refractivity contribution < 1.29 is 35.3 Å². The summed E-state index contributed by atoms with van der Waals surface area (Å²) in [5, 5.41) is 0. The number of anilines is 1. The summed E-state index contributed by atoms with van der Waals surface area (Å²) in [7, 11) is 0. The van der Waals surface area contributed by atoms with Gasteiger partial charge >= 0.3 is 0 Å². The fraction of sp³-hybridized carbons (Fsp3) is 0.278. The summed E-state index contributed by atoms with van der Waals surface area (Å²) in [5.74, 6) is -1.90. The van der Waals surface area contributed by atoms with Crippen LogP contribution in [0.4, 0.5) is 14.5 Å². The third kappa shape index (κ3) is 4.98. The number of amides is 1. The Bertz CT molecular complexity index is 668. The van der Waals surface area contributed by atoms with E-state index in [1.54, 1.807) is 20.8 Å². The van der Waals surface area contributed by atoms with Gasteiger partial charge in [0, 0.05) is 45.3 Å². The molecule has 0 bridgehead atoms. The van der Waals surface area contributed by atoms with Crippen molar-refractivity contribution in [2.45, 2.75) is 27.3 Å². The monoisotopic (exact) mass is 350 g/mol. The van der Waals surface area contributed by atoms with Crippen LogP contribution in [-0.2, 0) is 33.1 Å². The molecule has 0 aliphatic rings. The molecule has 1 amide bonds. The van der Waals surface area contributed by atoms with Crippen molar-refractivity contribution in [2.24, 2.45) is 5.41 Å². The molecule has 0 spiro atoms. The van der Waals surface area contributed by atoms with E-state index in [2.05, 4.69) is 0 Å². The summed E-state index contributed by atoms with van der Waals surface area (Å²) in [6.07, 6.45) is 0. The molecule has 0 aliphatic heterocycles. The topological polar surface area (TPSA) is 20.3 Å². The maximum Gasteiger partial charge on any atom is 0.221 e. The summed E-state index contributed by atoms with van der Waals surface area (Å²) in [6, 6.07) is 13.6. The van der Waals surface area contributed by atoms with Crippen LogP contribution in [0.5, 0.6) is 0 Å². The van der Waals surface area contributed by atoms with Crippen molar-refractivity contribution >= 4 is 11.6 Å². The second-order valence-electron chi connectivity index (χ2n) is 6.13. The Balaban J connectivity index is 0.00000264. The van der Waals surface area contributed by atoms with Gasteiger partial charge in [0.25, 0.3) is 0 Å². The molecule has 0 heterocycles. The molecule has 0 N–H and O–H groups in total. The molecule has 23 heavy (non-hydrogen) atoms. The van der Waals surface area contributed by atoms with Crippen LogP contribution in [0.1, 0.15) is 26.3 Å². The minimum atomic E-state index is -0.867. The number of carbonyl (C=O) groups excluding carboxylic acids is 1. The van der Waals surface area contributed by atoms with E-state index in [9.17, 15) is 13.6 Å². The third-order valence-electron chi connectivity index (χ3n) is 3.20. The Labute approximate surface area is 150 Å². The van der Waals surface area contributed by atoms with Gasteiger partial charge in [-0.15, -0.1) is 18.2 Å². The van der Waals surface area contributed by atoms with Gasteiger partial charge in [0.2, 0.25) is 5.91 Å². The zero-order valence-corrected chi connectivity index (χ0v) is 14.9. The fourth-order valence-electron chi connectivity index (χ4n) is 2.08. The van der Waals surface area contributed by atoms with Gasteiger partial charge in [-0.05, 0) is 11.3 Å². The minimum Gasteiger partial charge on any atom is -0.359 e. The molecule has 2 aromatic rings. The number of carbonyl (C=O) groups is 1. The Morgan fingerprint density at radius 2 is 1.70 bits per heavy atom. The maximum atomic E-state index is 14.1. The fourth-order valence-corrected chi connectivity index (χ4v) is 2.08. The Hall–Kier alpha value is -1.52. The van der Waals surface area contributed by atoms with E-state index in [4.69, 9.17) is 0 Å². The molecule has 0 fully saturated rings. The van der Waals surface area contributed by atoms with Gasteiger partial charge in [-0.3, -0.25) is 4.79 Å². The number of rotatable bonds is 3. The average molecular weight is 350 g/mol. The SMILES string of the molecule is CC(C)(C)C(=O)N(Cc1ccccc1)c1ccc(F)[c-]c1F.[Ti]. The van der Waals surface area contributed by atoms with E-state index < -0.39 is 17.0 Å². The first-order valence-electron chi connectivity index (χ1n) is 7.02. The quantitative estimate of drug-likeness (QED) is 0.596. The van der Waals surface area contributed by atoms with Crippen LogP contribution in [0, 0.1) is 23.1 Å². The molecular weight excluding hydrogens is 332 g/mol. The van der Waals surface area contributed by atoms with Crippen molar-refractivity contribution in [2.75, 3.05) is 4.90 Å². The zero-order valence-electron chi connectivity index (χ0n) is 13.4. The first-order valence-corrected chi connectivity index (χ1v) is 7.02. The molecular formula is C18H18F2NOTi-. The third-order valence-corrected chi connectivity index (χ3v) is 3.20. The van der Waals surface area contributed by atoms with Gasteiger partial charge in [-0.1, -0.05) is 51.1 Å². The van der Waals surface area contributed by atoms with Crippen molar-refractivity contribution in [1.82, 2.24) is 0 Å². The summed E-state index contributed by atoms with van der Waals surface area (Å²) < 4.78 is 27.1. The Kier molecular flexibility index (Phi) is 6.66. The summed E-state index contributed by atoms with van der Waals surface area (Å²) in [5.41, 5.74) is 0.212. The largest absolute Gasteiger partial charge is 0.359 e. The van der Waals surface area contributed by atoms with Crippen LogP contribution in [0.25, 0.3) is 0 Å². The van der Waals surface area contributed by atoms with Crippen LogP contribution in [-0.4, -0.2) is 5.91 Å². The van der Waals surface area contributed by atoms with E-state index in [-0.39, 0.29) is 39.9 Å². The summed E-state index contributed by atoms with van der Waals surface area (Å²) in [4.78, 5) is 14.0. The number of hydrogen-bond acceptors (Lipinski definition) is 1. The summed E-state index contributed by atoms with van der Waals surface area (Å²) in [6.45, 7) is 5.50. The molecule has 0 radical (unpaired) electrons. The van der Waals surface area contributed by atoms with E-state index in [1.165, 1.54) is 11.0 Å².